The minimum atomic E-state index is -0.185. The number of rotatable bonds is 2. The standard InChI is InChI=1S/C6H9N3OS/c1-2-3-4-5(10)7-6(11)9-8-4/h2-3H2,1H3,(H2,7,9,10,11). The second-order valence-electron chi connectivity index (χ2n) is 2.20. The number of aromatic nitrogens is 3. The third kappa shape index (κ3) is 1.98. The van der Waals surface area contributed by atoms with Gasteiger partial charge in [0.05, 0.1) is 0 Å². The zero-order valence-corrected chi connectivity index (χ0v) is 6.99. The molecular formula is C6H9N3OS. The predicted octanol–water partition coefficient (Wildman–Crippen LogP) is 0.780. The van der Waals surface area contributed by atoms with Crippen LogP contribution in [0.5, 0.6) is 0 Å². The quantitative estimate of drug-likeness (QED) is 0.646. The molecule has 0 aliphatic rings. The van der Waals surface area contributed by atoms with E-state index < -0.39 is 0 Å². The van der Waals surface area contributed by atoms with Crippen molar-refractivity contribution in [1.29, 1.82) is 0 Å². The van der Waals surface area contributed by atoms with Crippen LogP contribution in [0.1, 0.15) is 19.0 Å². The molecule has 11 heavy (non-hydrogen) atoms. The van der Waals surface area contributed by atoms with E-state index in [-0.39, 0.29) is 10.3 Å². The Hall–Kier alpha value is -0.970. The summed E-state index contributed by atoms with van der Waals surface area (Å²) in [6, 6.07) is 0. The molecule has 2 N–H and O–H groups in total. The Bertz CT molecular complexity index is 340. The second kappa shape index (κ2) is 3.43. The molecule has 1 heterocycles. The Kier molecular flexibility index (Phi) is 2.53. The zero-order valence-electron chi connectivity index (χ0n) is 6.18. The Morgan fingerprint density at radius 2 is 2.36 bits per heavy atom. The van der Waals surface area contributed by atoms with E-state index >= 15 is 0 Å². The number of hydrogen-bond acceptors (Lipinski definition) is 3. The lowest BCUT2D eigenvalue weighted by molar-refractivity contribution is 0.790. The lowest BCUT2D eigenvalue weighted by Crippen LogP contribution is -2.16. The van der Waals surface area contributed by atoms with Crippen LogP contribution in [-0.4, -0.2) is 15.2 Å². The maximum absolute atomic E-state index is 11.0. The van der Waals surface area contributed by atoms with Gasteiger partial charge in [0.15, 0.2) is 4.77 Å². The van der Waals surface area contributed by atoms with E-state index in [0.717, 1.165) is 6.42 Å². The van der Waals surface area contributed by atoms with Gasteiger partial charge < -0.3 is 0 Å². The topological polar surface area (TPSA) is 61.5 Å². The number of aryl methyl sites for hydroxylation is 1. The van der Waals surface area contributed by atoms with Crippen LogP contribution in [0.2, 0.25) is 0 Å². The van der Waals surface area contributed by atoms with Crippen molar-refractivity contribution in [3.05, 3.63) is 20.8 Å². The normalized spacial score (nSPS) is 9.91. The Morgan fingerprint density at radius 3 is 2.91 bits per heavy atom. The molecule has 4 nitrogen and oxygen atoms in total. The summed E-state index contributed by atoms with van der Waals surface area (Å²) in [6.45, 7) is 1.99. The third-order valence-corrected chi connectivity index (χ3v) is 1.46. The van der Waals surface area contributed by atoms with Crippen LogP contribution >= 0.6 is 12.2 Å². The average molecular weight is 171 g/mol. The smallest absolute Gasteiger partial charge is 0.273 e. The van der Waals surface area contributed by atoms with E-state index in [0.29, 0.717) is 12.1 Å². The second-order valence-corrected chi connectivity index (χ2v) is 2.61. The van der Waals surface area contributed by atoms with E-state index in [1.165, 1.54) is 0 Å². The largest absolute Gasteiger partial charge is 0.296 e. The van der Waals surface area contributed by atoms with Crippen molar-refractivity contribution in [2.45, 2.75) is 19.8 Å². The number of aromatic amines is 2. The molecule has 5 heteroatoms. The van der Waals surface area contributed by atoms with Crippen molar-refractivity contribution < 1.29 is 0 Å². The van der Waals surface area contributed by atoms with Crippen molar-refractivity contribution in [3.8, 4) is 0 Å². The summed E-state index contributed by atoms with van der Waals surface area (Å²) in [6.07, 6.45) is 1.59. The monoisotopic (exact) mass is 171 g/mol. The lowest BCUT2D eigenvalue weighted by atomic mass is 10.3. The van der Waals surface area contributed by atoms with Gasteiger partial charge >= 0.3 is 0 Å². The summed E-state index contributed by atoms with van der Waals surface area (Å²) in [4.78, 5) is 13.5. The van der Waals surface area contributed by atoms with Crippen LogP contribution in [0.3, 0.4) is 0 Å². The molecule has 0 atom stereocenters. The summed E-state index contributed by atoms with van der Waals surface area (Å²) in [5.74, 6) is 0. The molecule has 1 aromatic rings. The molecule has 0 fully saturated rings. The van der Waals surface area contributed by atoms with Crippen LogP contribution < -0.4 is 5.56 Å². The van der Waals surface area contributed by atoms with Gasteiger partial charge in [0.2, 0.25) is 0 Å². The molecule has 1 rings (SSSR count). The van der Waals surface area contributed by atoms with Crippen LogP contribution in [0, 0.1) is 4.77 Å². The van der Waals surface area contributed by atoms with Gasteiger partial charge in [0.25, 0.3) is 5.56 Å². The molecule has 60 valence electrons. The number of H-pyrrole nitrogens is 2. The summed E-state index contributed by atoms with van der Waals surface area (Å²) < 4.78 is 0.273. The number of hydrogen-bond donors (Lipinski definition) is 2. The molecule has 1 aromatic heterocycles. The zero-order chi connectivity index (χ0) is 8.27. The Morgan fingerprint density at radius 1 is 1.64 bits per heavy atom. The van der Waals surface area contributed by atoms with Gasteiger partial charge in [-0.1, -0.05) is 13.3 Å². The highest BCUT2D eigenvalue weighted by Gasteiger charge is 1.97. The minimum absolute atomic E-state index is 0.185. The van der Waals surface area contributed by atoms with Crippen molar-refractivity contribution in [2.75, 3.05) is 0 Å². The minimum Gasteiger partial charge on any atom is -0.296 e. The maximum atomic E-state index is 11.0. The molecule has 0 aliphatic carbocycles. The van der Waals surface area contributed by atoms with Gasteiger partial charge in [-0.3, -0.25) is 14.9 Å². The first-order chi connectivity index (χ1) is 5.24. The fourth-order valence-electron chi connectivity index (χ4n) is 0.778. The van der Waals surface area contributed by atoms with Crippen LogP contribution in [0.15, 0.2) is 4.79 Å². The van der Waals surface area contributed by atoms with Gasteiger partial charge in [0.1, 0.15) is 5.69 Å². The van der Waals surface area contributed by atoms with Crippen LogP contribution in [0.4, 0.5) is 0 Å². The molecule has 0 aliphatic heterocycles. The SMILES string of the molecule is CCCc1n[nH]c(=S)[nH]c1=O. The highest BCUT2D eigenvalue weighted by atomic mass is 32.1. The molecule has 0 bridgehead atoms. The molecular weight excluding hydrogens is 162 g/mol. The highest BCUT2D eigenvalue weighted by molar-refractivity contribution is 7.71. The Balaban J connectivity index is 3.10. The fourth-order valence-corrected chi connectivity index (χ4v) is 0.917. The van der Waals surface area contributed by atoms with Gasteiger partial charge in [-0.2, -0.15) is 5.10 Å². The Labute approximate surface area is 68.7 Å². The molecule has 0 spiro atoms. The number of nitrogens with one attached hydrogen (secondary N) is 2. The number of nitrogens with zero attached hydrogens (tertiary/aromatic N) is 1. The third-order valence-electron chi connectivity index (χ3n) is 1.27. The molecule has 0 saturated heterocycles. The van der Waals surface area contributed by atoms with E-state index in [9.17, 15) is 4.79 Å². The maximum Gasteiger partial charge on any atom is 0.273 e. The molecule has 0 saturated carbocycles. The van der Waals surface area contributed by atoms with Crippen molar-refractivity contribution >= 4 is 12.2 Å². The first kappa shape index (κ1) is 8.13. The van der Waals surface area contributed by atoms with E-state index in [4.69, 9.17) is 0 Å². The van der Waals surface area contributed by atoms with Crippen molar-refractivity contribution in [1.82, 2.24) is 15.2 Å². The van der Waals surface area contributed by atoms with E-state index in [1.807, 2.05) is 6.92 Å². The predicted molar refractivity (Wildman–Crippen MR) is 44.0 cm³/mol. The molecule has 0 unspecified atom stereocenters. The molecule has 0 aromatic carbocycles. The lowest BCUT2D eigenvalue weighted by Gasteiger charge is -1.93. The van der Waals surface area contributed by atoms with E-state index in [1.54, 1.807) is 0 Å². The van der Waals surface area contributed by atoms with Gasteiger partial charge in [-0.05, 0) is 18.6 Å². The summed E-state index contributed by atoms with van der Waals surface area (Å²) >= 11 is 4.67. The first-order valence-electron chi connectivity index (χ1n) is 3.42. The van der Waals surface area contributed by atoms with Gasteiger partial charge in [-0.15, -0.1) is 0 Å². The van der Waals surface area contributed by atoms with Crippen LogP contribution in [0.25, 0.3) is 0 Å². The molecule has 0 radical (unpaired) electrons. The van der Waals surface area contributed by atoms with Gasteiger partial charge in [0, 0.05) is 0 Å². The fraction of sp³-hybridized carbons (Fsp3) is 0.500. The summed E-state index contributed by atoms with van der Waals surface area (Å²) in [7, 11) is 0. The van der Waals surface area contributed by atoms with Gasteiger partial charge in [-0.25, -0.2) is 0 Å². The van der Waals surface area contributed by atoms with Crippen molar-refractivity contribution in [2.24, 2.45) is 0 Å². The first-order valence-corrected chi connectivity index (χ1v) is 3.82. The van der Waals surface area contributed by atoms with E-state index in [2.05, 4.69) is 27.4 Å². The van der Waals surface area contributed by atoms with Crippen LogP contribution in [-0.2, 0) is 6.42 Å². The average Bonchev–Trinajstić information content (AvgIpc) is 1.95. The molecule has 0 amide bonds. The highest BCUT2D eigenvalue weighted by Crippen LogP contribution is 1.87. The van der Waals surface area contributed by atoms with Crippen molar-refractivity contribution in [3.63, 3.8) is 0 Å². The summed E-state index contributed by atoms with van der Waals surface area (Å²) in [5, 5.41) is 6.33. The summed E-state index contributed by atoms with van der Waals surface area (Å²) in [5.41, 5.74) is 0.330.